The van der Waals surface area contributed by atoms with Crippen molar-refractivity contribution < 1.29 is 19.0 Å². The molecule has 18 heavy (non-hydrogen) atoms. The predicted octanol–water partition coefficient (Wildman–Crippen LogP) is 2.54. The van der Waals surface area contributed by atoms with E-state index in [1.807, 2.05) is 0 Å². The Hall–Kier alpha value is -0.970. The first-order valence-corrected chi connectivity index (χ1v) is 6.45. The molecule has 4 heteroatoms. The van der Waals surface area contributed by atoms with Gasteiger partial charge in [0.05, 0.1) is 6.61 Å². The number of aliphatic hydroxyl groups is 1. The van der Waals surface area contributed by atoms with E-state index in [1.54, 1.807) is 18.2 Å². The topological polar surface area (TPSA) is 38.7 Å². The maximum Gasteiger partial charge on any atom is 0.169 e. The van der Waals surface area contributed by atoms with Gasteiger partial charge in [-0.05, 0) is 18.9 Å². The third-order valence-electron chi connectivity index (χ3n) is 3.80. The first-order valence-electron chi connectivity index (χ1n) is 6.45. The molecule has 1 aromatic rings. The molecule has 0 bridgehead atoms. The lowest BCUT2D eigenvalue weighted by atomic mass is 10.0. The summed E-state index contributed by atoms with van der Waals surface area (Å²) in [7, 11) is 0. The van der Waals surface area contributed by atoms with Crippen LogP contribution in [-0.2, 0) is 9.47 Å². The molecule has 1 aromatic carbocycles. The van der Waals surface area contributed by atoms with Crippen LogP contribution in [0.3, 0.4) is 0 Å². The second kappa shape index (κ2) is 4.61. The molecule has 1 saturated heterocycles. The monoisotopic (exact) mass is 252 g/mol. The molecule has 0 amide bonds. The van der Waals surface area contributed by atoms with Crippen LogP contribution in [-0.4, -0.2) is 23.6 Å². The molecule has 1 heterocycles. The van der Waals surface area contributed by atoms with Crippen LogP contribution in [0.5, 0.6) is 0 Å². The van der Waals surface area contributed by atoms with Crippen LogP contribution in [0.15, 0.2) is 24.3 Å². The number of hydrogen-bond donors (Lipinski definition) is 1. The number of benzene rings is 1. The molecule has 1 spiro atoms. The van der Waals surface area contributed by atoms with Gasteiger partial charge in [-0.3, -0.25) is 0 Å². The van der Waals surface area contributed by atoms with Gasteiger partial charge in [-0.2, -0.15) is 0 Å². The standard InChI is InChI=1S/C14H17FO3/c15-11-6-2-1-5-10(11)13-12(9-16)17-14(18-13)7-3-4-8-14/h1-2,5-6,12-13,16H,3-4,7-9H2/t12?,13-/m1/s1. The minimum atomic E-state index is -0.597. The van der Waals surface area contributed by atoms with Crippen molar-refractivity contribution in [2.75, 3.05) is 6.61 Å². The third kappa shape index (κ3) is 1.94. The lowest BCUT2D eigenvalue weighted by molar-refractivity contribution is -0.172. The van der Waals surface area contributed by atoms with Crippen molar-refractivity contribution in [1.29, 1.82) is 0 Å². The zero-order chi connectivity index (χ0) is 12.6. The largest absolute Gasteiger partial charge is 0.394 e. The van der Waals surface area contributed by atoms with Gasteiger partial charge in [0.15, 0.2) is 5.79 Å². The molecule has 2 fully saturated rings. The van der Waals surface area contributed by atoms with Crippen LogP contribution in [0, 0.1) is 5.82 Å². The normalized spacial score (nSPS) is 30.1. The highest BCUT2D eigenvalue weighted by molar-refractivity contribution is 5.22. The van der Waals surface area contributed by atoms with Gasteiger partial charge < -0.3 is 14.6 Å². The number of aliphatic hydroxyl groups excluding tert-OH is 1. The number of ether oxygens (including phenoxy) is 2. The van der Waals surface area contributed by atoms with E-state index in [0.29, 0.717) is 5.56 Å². The fourth-order valence-corrected chi connectivity index (χ4v) is 2.92. The zero-order valence-electron chi connectivity index (χ0n) is 10.1. The highest BCUT2D eigenvalue weighted by atomic mass is 19.1. The second-order valence-corrected chi connectivity index (χ2v) is 5.02. The van der Waals surface area contributed by atoms with Crippen LogP contribution >= 0.6 is 0 Å². The maximum atomic E-state index is 13.8. The smallest absolute Gasteiger partial charge is 0.169 e. The van der Waals surface area contributed by atoms with Crippen molar-refractivity contribution in [3.05, 3.63) is 35.6 Å². The van der Waals surface area contributed by atoms with Gasteiger partial charge in [-0.15, -0.1) is 0 Å². The molecule has 1 unspecified atom stereocenters. The van der Waals surface area contributed by atoms with Crippen LogP contribution in [0.4, 0.5) is 4.39 Å². The van der Waals surface area contributed by atoms with E-state index in [2.05, 4.69) is 0 Å². The molecule has 2 atom stereocenters. The molecule has 1 aliphatic carbocycles. The Kier molecular flexibility index (Phi) is 3.09. The van der Waals surface area contributed by atoms with Crippen molar-refractivity contribution in [2.45, 2.75) is 43.7 Å². The highest BCUT2D eigenvalue weighted by Crippen LogP contribution is 2.47. The molecule has 98 valence electrons. The van der Waals surface area contributed by atoms with E-state index >= 15 is 0 Å². The average Bonchev–Trinajstić information content (AvgIpc) is 2.98. The number of hydrogen-bond acceptors (Lipinski definition) is 3. The molecule has 3 rings (SSSR count). The minimum absolute atomic E-state index is 0.152. The number of halogens is 1. The Bertz CT molecular complexity index is 429. The van der Waals surface area contributed by atoms with Gasteiger partial charge in [-0.1, -0.05) is 18.2 Å². The minimum Gasteiger partial charge on any atom is -0.394 e. The summed E-state index contributed by atoms with van der Waals surface area (Å²) < 4.78 is 25.6. The second-order valence-electron chi connectivity index (χ2n) is 5.02. The molecule has 0 aromatic heterocycles. The SMILES string of the molecule is OCC1OC2(CCCC2)O[C@@H]1c1ccccc1F. The van der Waals surface area contributed by atoms with Crippen LogP contribution in [0.2, 0.25) is 0 Å². The first-order chi connectivity index (χ1) is 8.74. The lowest BCUT2D eigenvalue weighted by Crippen LogP contribution is -2.27. The van der Waals surface area contributed by atoms with Crippen LogP contribution in [0.1, 0.15) is 37.4 Å². The molecule has 0 radical (unpaired) electrons. The van der Waals surface area contributed by atoms with E-state index in [1.165, 1.54) is 6.07 Å². The zero-order valence-corrected chi connectivity index (χ0v) is 10.1. The Balaban J connectivity index is 1.89. The van der Waals surface area contributed by atoms with E-state index in [9.17, 15) is 9.50 Å². The van der Waals surface area contributed by atoms with Crippen molar-refractivity contribution in [2.24, 2.45) is 0 Å². The Labute approximate surface area is 106 Å². The van der Waals surface area contributed by atoms with Gasteiger partial charge in [0.1, 0.15) is 18.0 Å². The average molecular weight is 252 g/mol. The molecular weight excluding hydrogens is 235 g/mol. The van der Waals surface area contributed by atoms with Crippen LogP contribution < -0.4 is 0 Å². The summed E-state index contributed by atoms with van der Waals surface area (Å²) in [4.78, 5) is 0. The molecule has 2 aliphatic rings. The third-order valence-corrected chi connectivity index (χ3v) is 3.80. The van der Waals surface area contributed by atoms with Gasteiger partial charge in [0.2, 0.25) is 0 Å². The summed E-state index contributed by atoms with van der Waals surface area (Å²) in [5.74, 6) is -0.903. The van der Waals surface area contributed by atoms with Gasteiger partial charge in [0.25, 0.3) is 0 Å². The summed E-state index contributed by atoms with van der Waals surface area (Å²) in [5, 5.41) is 9.40. The summed E-state index contributed by atoms with van der Waals surface area (Å²) in [6.07, 6.45) is 2.79. The molecule has 1 saturated carbocycles. The van der Waals surface area contributed by atoms with Gasteiger partial charge in [-0.25, -0.2) is 4.39 Å². The molecule has 3 nitrogen and oxygen atoms in total. The first kappa shape index (κ1) is 12.1. The highest BCUT2D eigenvalue weighted by Gasteiger charge is 2.49. The van der Waals surface area contributed by atoms with Gasteiger partial charge >= 0.3 is 0 Å². The Morgan fingerprint density at radius 3 is 2.61 bits per heavy atom. The van der Waals surface area contributed by atoms with Crippen molar-refractivity contribution in [1.82, 2.24) is 0 Å². The van der Waals surface area contributed by atoms with E-state index in [-0.39, 0.29) is 12.4 Å². The molecule has 1 N–H and O–H groups in total. The molecule has 1 aliphatic heterocycles. The fourth-order valence-electron chi connectivity index (χ4n) is 2.92. The summed E-state index contributed by atoms with van der Waals surface area (Å²) in [6, 6.07) is 6.52. The van der Waals surface area contributed by atoms with Crippen LogP contribution in [0.25, 0.3) is 0 Å². The van der Waals surface area contributed by atoms with Crippen molar-refractivity contribution >= 4 is 0 Å². The lowest BCUT2D eigenvalue weighted by Gasteiger charge is -2.22. The fraction of sp³-hybridized carbons (Fsp3) is 0.571. The van der Waals surface area contributed by atoms with E-state index < -0.39 is 18.0 Å². The maximum absolute atomic E-state index is 13.8. The molecular formula is C14H17FO3. The van der Waals surface area contributed by atoms with E-state index in [0.717, 1.165) is 25.7 Å². The Morgan fingerprint density at radius 1 is 1.22 bits per heavy atom. The van der Waals surface area contributed by atoms with Crippen molar-refractivity contribution in [3.63, 3.8) is 0 Å². The van der Waals surface area contributed by atoms with Gasteiger partial charge in [0, 0.05) is 18.4 Å². The summed E-state index contributed by atoms with van der Waals surface area (Å²) in [5.41, 5.74) is 0.473. The summed E-state index contributed by atoms with van der Waals surface area (Å²) >= 11 is 0. The predicted molar refractivity (Wildman–Crippen MR) is 63.4 cm³/mol. The van der Waals surface area contributed by atoms with Crippen molar-refractivity contribution in [3.8, 4) is 0 Å². The number of rotatable bonds is 2. The van der Waals surface area contributed by atoms with E-state index in [4.69, 9.17) is 9.47 Å². The Morgan fingerprint density at radius 2 is 1.94 bits per heavy atom. The summed E-state index contributed by atoms with van der Waals surface area (Å²) in [6.45, 7) is -0.152. The quantitative estimate of drug-likeness (QED) is 0.879.